The summed E-state index contributed by atoms with van der Waals surface area (Å²) in [6.07, 6.45) is 2.52. The van der Waals surface area contributed by atoms with Gasteiger partial charge in [-0.3, -0.25) is 9.59 Å². The highest BCUT2D eigenvalue weighted by Gasteiger charge is 2.09. The third-order valence-electron chi connectivity index (χ3n) is 2.90. The van der Waals surface area contributed by atoms with Gasteiger partial charge in [-0.15, -0.1) is 0 Å². The quantitative estimate of drug-likeness (QED) is 0.856. The van der Waals surface area contributed by atoms with Gasteiger partial charge in [0.2, 0.25) is 11.8 Å². The minimum Gasteiger partial charge on any atom is -0.345 e. The molecule has 0 bridgehead atoms. The van der Waals surface area contributed by atoms with Crippen molar-refractivity contribution in [2.24, 2.45) is 0 Å². The molecule has 0 spiro atoms. The second-order valence-electron chi connectivity index (χ2n) is 4.72. The van der Waals surface area contributed by atoms with Gasteiger partial charge in [0.15, 0.2) is 0 Å². The summed E-state index contributed by atoms with van der Waals surface area (Å²) < 4.78 is 0. The summed E-state index contributed by atoms with van der Waals surface area (Å²) in [6, 6.07) is 7.37. The number of hydrogen-bond donors (Lipinski definition) is 1. The Morgan fingerprint density at radius 1 is 1.21 bits per heavy atom. The first kappa shape index (κ1) is 15.2. The predicted molar refractivity (Wildman–Crippen MR) is 77.0 cm³/mol. The Hall–Kier alpha value is -1.84. The van der Waals surface area contributed by atoms with Crippen LogP contribution in [0.1, 0.15) is 32.3 Å². The molecule has 0 unspecified atom stereocenters. The molecule has 4 heteroatoms. The molecule has 1 aromatic carbocycles. The molecule has 0 atom stereocenters. The molecule has 0 heterocycles. The first-order chi connectivity index (χ1) is 9.02. The summed E-state index contributed by atoms with van der Waals surface area (Å²) in [5.41, 5.74) is 1.71. The van der Waals surface area contributed by atoms with Gasteiger partial charge < -0.3 is 10.2 Å². The Morgan fingerprint density at radius 3 is 2.37 bits per heavy atom. The van der Waals surface area contributed by atoms with Crippen molar-refractivity contribution in [2.45, 2.75) is 33.1 Å². The second kappa shape index (κ2) is 7.56. The fourth-order valence-electron chi connectivity index (χ4n) is 1.74. The minimum absolute atomic E-state index is 0.0943. The summed E-state index contributed by atoms with van der Waals surface area (Å²) in [4.78, 5) is 24.6. The third kappa shape index (κ3) is 5.55. The van der Waals surface area contributed by atoms with Crippen LogP contribution in [-0.4, -0.2) is 30.3 Å². The molecule has 0 saturated carbocycles. The van der Waals surface area contributed by atoms with E-state index in [1.54, 1.807) is 4.90 Å². The summed E-state index contributed by atoms with van der Waals surface area (Å²) in [6.45, 7) is 4.39. The lowest BCUT2D eigenvalue weighted by atomic mass is 10.1. The lowest BCUT2D eigenvalue weighted by Crippen LogP contribution is -2.29. The SMILES string of the molecule is CCCCN(C)C(=O)Cc1ccc(NC(C)=O)cc1. The van der Waals surface area contributed by atoms with Crippen molar-refractivity contribution in [3.63, 3.8) is 0 Å². The molecule has 0 aromatic heterocycles. The minimum atomic E-state index is -0.0943. The molecule has 1 N–H and O–H groups in total. The van der Waals surface area contributed by atoms with E-state index in [-0.39, 0.29) is 11.8 Å². The number of nitrogens with one attached hydrogen (secondary N) is 1. The number of amides is 2. The van der Waals surface area contributed by atoms with Crippen molar-refractivity contribution in [1.82, 2.24) is 4.90 Å². The molecular weight excluding hydrogens is 240 g/mol. The molecular formula is C15H22N2O2. The van der Waals surface area contributed by atoms with Crippen LogP contribution >= 0.6 is 0 Å². The van der Waals surface area contributed by atoms with Crippen LogP contribution in [0.25, 0.3) is 0 Å². The summed E-state index contributed by atoms with van der Waals surface area (Å²) in [5.74, 6) is 0.0313. The van der Waals surface area contributed by atoms with Gasteiger partial charge in [0.05, 0.1) is 6.42 Å². The van der Waals surface area contributed by atoms with Crippen LogP contribution in [-0.2, 0) is 16.0 Å². The zero-order chi connectivity index (χ0) is 14.3. The van der Waals surface area contributed by atoms with Crippen LogP contribution in [0.15, 0.2) is 24.3 Å². The molecule has 0 saturated heterocycles. The van der Waals surface area contributed by atoms with Crippen LogP contribution in [0.3, 0.4) is 0 Å². The van der Waals surface area contributed by atoms with Crippen molar-refractivity contribution < 1.29 is 9.59 Å². The molecule has 0 fully saturated rings. The first-order valence-electron chi connectivity index (χ1n) is 6.63. The maximum Gasteiger partial charge on any atom is 0.226 e. The van der Waals surface area contributed by atoms with Gasteiger partial charge in [0, 0.05) is 26.2 Å². The van der Waals surface area contributed by atoms with Crippen molar-refractivity contribution >= 4 is 17.5 Å². The van der Waals surface area contributed by atoms with E-state index in [2.05, 4.69) is 12.2 Å². The zero-order valence-electron chi connectivity index (χ0n) is 11.9. The standard InChI is InChI=1S/C15H22N2O2/c1-4-5-10-17(3)15(19)11-13-6-8-14(9-7-13)16-12(2)18/h6-9H,4-5,10-11H2,1-3H3,(H,16,18). The highest BCUT2D eigenvalue weighted by atomic mass is 16.2. The van der Waals surface area contributed by atoms with E-state index >= 15 is 0 Å². The number of carbonyl (C=O) groups is 2. The Morgan fingerprint density at radius 2 is 1.84 bits per heavy atom. The molecule has 1 rings (SSSR count). The van der Waals surface area contributed by atoms with Crippen LogP contribution in [0.2, 0.25) is 0 Å². The molecule has 0 radical (unpaired) electrons. The van der Waals surface area contributed by atoms with Gasteiger partial charge in [-0.2, -0.15) is 0 Å². The van der Waals surface area contributed by atoms with Crippen LogP contribution in [0.5, 0.6) is 0 Å². The average molecular weight is 262 g/mol. The molecule has 2 amide bonds. The van der Waals surface area contributed by atoms with Gasteiger partial charge in [0.1, 0.15) is 0 Å². The smallest absolute Gasteiger partial charge is 0.226 e. The number of hydrogen-bond acceptors (Lipinski definition) is 2. The fraction of sp³-hybridized carbons (Fsp3) is 0.467. The van der Waals surface area contributed by atoms with Crippen LogP contribution < -0.4 is 5.32 Å². The third-order valence-corrected chi connectivity index (χ3v) is 2.90. The van der Waals surface area contributed by atoms with Crippen LogP contribution in [0.4, 0.5) is 5.69 Å². The van der Waals surface area contributed by atoms with E-state index in [1.165, 1.54) is 6.92 Å². The van der Waals surface area contributed by atoms with Crippen LogP contribution in [0, 0.1) is 0 Å². The lowest BCUT2D eigenvalue weighted by molar-refractivity contribution is -0.129. The lowest BCUT2D eigenvalue weighted by Gasteiger charge is -2.16. The first-order valence-corrected chi connectivity index (χ1v) is 6.63. The summed E-state index contributed by atoms with van der Waals surface area (Å²) in [5, 5.41) is 2.70. The number of likely N-dealkylation sites (N-methyl/N-ethyl adjacent to an activating group) is 1. The second-order valence-corrected chi connectivity index (χ2v) is 4.72. The molecule has 104 valence electrons. The Balaban J connectivity index is 2.52. The highest BCUT2D eigenvalue weighted by Crippen LogP contribution is 2.10. The Bertz CT molecular complexity index is 426. The maximum atomic E-state index is 11.9. The van der Waals surface area contributed by atoms with E-state index in [9.17, 15) is 9.59 Å². The Kier molecular flexibility index (Phi) is 6.06. The topological polar surface area (TPSA) is 49.4 Å². The number of rotatable bonds is 6. The zero-order valence-corrected chi connectivity index (χ0v) is 11.9. The van der Waals surface area contributed by atoms with E-state index in [4.69, 9.17) is 0 Å². The molecule has 0 aliphatic carbocycles. The van der Waals surface area contributed by atoms with E-state index in [1.807, 2.05) is 31.3 Å². The summed E-state index contributed by atoms with van der Waals surface area (Å²) in [7, 11) is 1.84. The van der Waals surface area contributed by atoms with Crippen molar-refractivity contribution in [3.05, 3.63) is 29.8 Å². The normalized spacial score (nSPS) is 10.1. The number of carbonyl (C=O) groups excluding carboxylic acids is 2. The number of benzene rings is 1. The van der Waals surface area contributed by atoms with Gasteiger partial charge in [-0.1, -0.05) is 25.5 Å². The number of anilines is 1. The molecule has 1 aromatic rings. The van der Waals surface area contributed by atoms with Crippen molar-refractivity contribution in [3.8, 4) is 0 Å². The number of nitrogens with zero attached hydrogens (tertiary/aromatic N) is 1. The van der Waals surface area contributed by atoms with Crippen molar-refractivity contribution in [1.29, 1.82) is 0 Å². The van der Waals surface area contributed by atoms with Gasteiger partial charge >= 0.3 is 0 Å². The molecule has 0 aliphatic heterocycles. The Labute approximate surface area is 114 Å². The average Bonchev–Trinajstić information content (AvgIpc) is 2.37. The van der Waals surface area contributed by atoms with Gasteiger partial charge in [-0.25, -0.2) is 0 Å². The predicted octanol–water partition coefficient (Wildman–Crippen LogP) is 2.45. The van der Waals surface area contributed by atoms with E-state index < -0.39 is 0 Å². The van der Waals surface area contributed by atoms with Gasteiger partial charge in [-0.05, 0) is 24.1 Å². The molecule has 4 nitrogen and oxygen atoms in total. The fourth-order valence-corrected chi connectivity index (χ4v) is 1.74. The van der Waals surface area contributed by atoms with Crippen molar-refractivity contribution in [2.75, 3.05) is 18.9 Å². The largest absolute Gasteiger partial charge is 0.345 e. The number of unbranched alkanes of at least 4 members (excludes halogenated alkanes) is 1. The highest BCUT2D eigenvalue weighted by molar-refractivity contribution is 5.88. The molecule has 0 aliphatic rings. The van der Waals surface area contributed by atoms with E-state index in [0.29, 0.717) is 6.42 Å². The van der Waals surface area contributed by atoms with E-state index in [0.717, 1.165) is 30.6 Å². The molecule has 19 heavy (non-hydrogen) atoms. The summed E-state index contributed by atoms with van der Waals surface area (Å²) >= 11 is 0. The maximum absolute atomic E-state index is 11.9. The monoisotopic (exact) mass is 262 g/mol. The van der Waals surface area contributed by atoms with Gasteiger partial charge in [0.25, 0.3) is 0 Å².